The maximum absolute atomic E-state index is 2.51. The summed E-state index contributed by atoms with van der Waals surface area (Å²) in [6, 6.07) is 36.9. The van der Waals surface area contributed by atoms with Gasteiger partial charge in [-0.05, 0) is 97.7 Å². The Bertz CT molecular complexity index is 2540. The van der Waals surface area contributed by atoms with Crippen molar-refractivity contribution in [1.82, 2.24) is 0 Å². The quantitative estimate of drug-likeness (QED) is 0.143. The van der Waals surface area contributed by atoms with E-state index in [2.05, 4.69) is 121 Å². The molecule has 0 N–H and O–H groups in total. The summed E-state index contributed by atoms with van der Waals surface area (Å²) in [4.78, 5) is 0. The van der Waals surface area contributed by atoms with Gasteiger partial charge in [0.15, 0.2) is 0 Å². The second kappa shape index (κ2) is 6.61. The first-order valence-corrected chi connectivity index (χ1v) is 14.4. The minimum absolute atomic E-state index is 0.336. The summed E-state index contributed by atoms with van der Waals surface area (Å²) in [5.74, 6) is 0.678. The molecule has 0 heteroatoms. The average molecular weight is 503 g/mol. The van der Waals surface area contributed by atoms with E-state index in [9.17, 15) is 0 Å². The Kier molecular flexibility index (Phi) is 3.31. The van der Waals surface area contributed by atoms with Crippen LogP contribution in [0.25, 0.3) is 82.4 Å². The van der Waals surface area contributed by atoms with Crippen LogP contribution < -0.4 is 5.22 Å². The molecule has 0 saturated heterocycles. The third kappa shape index (κ3) is 2.10. The van der Waals surface area contributed by atoms with E-state index in [0.717, 1.165) is 0 Å². The van der Waals surface area contributed by atoms with Crippen LogP contribution in [0.3, 0.4) is 0 Å². The molecule has 0 bridgehead atoms. The van der Waals surface area contributed by atoms with Crippen molar-refractivity contribution < 1.29 is 0 Å². The summed E-state index contributed by atoms with van der Waals surface area (Å²) in [7, 11) is 0. The topological polar surface area (TPSA) is 0 Å². The maximum Gasteiger partial charge on any atom is 0.0212 e. The highest BCUT2D eigenvalue weighted by molar-refractivity contribution is 6.34. The Morgan fingerprint density at radius 1 is 0.475 bits per heavy atom. The fraction of sp³-hybridized carbons (Fsp3) is 0.0500. The molecule has 0 nitrogen and oxygen atoms in total. The number of hydrogen-bond acceptors (Lipinski definition) is 0. The van der Waals surface area contributed by atoms with Crippen LogP contribution in [0.1, 0.15) is 34.1 Å². The van der Waals surface area contributed by atoms with E-state index in [1.807, 2.05) is 0 Å². The number of hydrogen-bond donors (Lipinski definition) is 0. The monoisotopic (exact) mass is 502 g/mol. The van der Waals surface area contributed by atoms with Crippen LogP contribution >= 0.6 is 0 Å². The lowest BCUT2D eigenvalue weighted by atomic mass is 9.62. The third-order valence-electron chi connectivity index (χ3n) is 10.3. The second-order valence-corrected chi connectivity index (χ2v) is 11.9. The highest BCUT2D eigenvalue weighted by Gasteiger charge is 2.39. The van der Waals surface area contributed by atoms with Gasteiger partial charge >= 0.3 is 0 Å². The van der Waals surface area contributed by atoms with E-state index < -0.39 is 0 Å². The fourth-order valence-electron chi connectivity index (χ4n) is 8.86. The van der Waals surface area contributed by atoms with E-state index >= 15 is 0 Å². The van der Waals surface area contributed by atoms with E-state index in [4.69, 9.17) is 0 Å². The van der Waals surface area contributed by atoms with Crippen LogP contribution in [0.5, 0.6) is 0 Å². The Morgan fingerprint density at radius 3 is 1.85 bits per heavy atom. The average Bonchev–Trinajstić information content (AvgIpc) is 3.01. The second-order valence-electron chi connectivity index (χ2n) is 11.9. The maximum atomic E-state index is 2.51. The molecule has 8 aromatic carbocycles. The molecular weight excluding hydrogens is 480 g/mol. The van der Waals surface area contributed by atoms with Crippen LogP contribution in [-0.2, 0) is 0 Å². The Labute approximate surface area is 230 Å². The van der Waals surface area contributed by atoms with Crippen LogP contribution in [0.4, 0.5) is 0 Å². The molecule has 0 amide bonds. The van der Waals surface area contributed by atoms with Crippen molar-refractivity contribution in [3.05, 3.63) is 137 Å². The molecule has 11 rings (SSSR count). The van der Waals surface area contributed by atoms with Gasteiger partial charge in [-0.1, -0.05) is 121 Å². The number of rotatable bonds is 0. The molecule has 3 aliphatic rings. The molecule has 40 heavy (non-hydrogen) atoms. The normalized spacial score (nSPS) is 18.8. The molecule has 8 aromatic rings. The summed E-state index contributed by atoms with van der Waals surface area (Å²) in [5.41, 5.74) is 7.30. The number of fused-ring (bicyclic) bond motifs is 6. The molecular formula is C40H22. The van der Waals surface area contributed by atoms with Gasteiger partial charge in [-0.2, -0.15) is 0 Å². The van der Waals surface area contributed by atoms with Gasteiger partial charge in [0.25, 0.3) is 0 Å². The molecule has 0 spiro atoms. The first kappa shape index (κ1) is 20.0. The van der Waals surface area contributed by atoms with Gasteiger partial charge in [-0.25, -0.2) is 0 Å². The zero-order chi connectivity index (χ0) is 25.7. The molecule has 0 unspecified atom stereocenters. The standard InChI is InChI=1S/C40H22/c1-5-21-6-2-10-24-28-14-18-32-34-20-16-30-26-12-4-8-22-7-3-11-25(36(22)26)29-15-19-33(40(34)38(29)30)31-17-13-27(37(28)39(31)32)23(9-1)35(21)24/h1-20,31,39H/t31-,39-/m1/s1. The lowest BCUT2D eigenvalue weighted by Crippen LogP contribution is -2.29. The zero-order valence-electron chi connectivity index (χ0n) is 21.7. The molecule has 0 heterocycles. The lowest BCUT2D eigenvalue weighted by Gasteiger charge is -2.40. The molecule has 0 radical (unpaired) electrons. The Morgan fingerprint density at radius 2 is 1.10 bits per heavy atom. The van der Waals surface area contributed by atoms with Crippen molar-refractivity contribution in [1.29, 1.82) is 0 Å². The van der Waals surface area contributed by atoms with Gasteiger partial charge in [0.05, 0.1) is 0 Å². The largest absolute Gasteiger partial charge is 0.0754 e. The first-order valence-electron chi connectivity index (χ1n) is 14.4. The molecule has 0 aromatic heterocycles. The SMILES string of the molecule is C1=C[C@@H]2c3ccc4c5cccc6cccc(c7ccc(c3c74)C3=CC=c4c(c1c1cccc7cccc4c71)[C@@H]32)c65. The van der Waals surface area contributed by atoms with Gasteiger partial charge in [-0.3, -0.25) is 0 Å². The molecule has 3 aliphatic carbocycles. The van der Waals surface area contributed by atoms with Crippen molar-refractivity contribution in [3.8, 4) is 0 Å². The molecule has 0 aliphatic heterocycles. The van der Waals surface area contributed by atoms with Crippen molar-refractivity contribution >= 4 is 82.4 Å². The van der Waals surface area contributed by atoms with E-state index in [1.165, 1.54) is 97.7 Å². The predicted octanol–water partition coefficient (Wildman–Crippen LogP) is 9.85. The van der Waals surface area contributed by atoms with Gasteiger partial charge in [0.1, 0.15) is 0 Å². The van der Waals surface area contributed by atoms with Crippen molar-refractivity contribution in [2.75, 3.05) is 0 Å². The molecule has 182 valence electrons. The lowest BCUT2D eigenvalue weighted by molar-refractivity contribution is 0.738. The van der Waals surface area contributed by atoms with Gasteiger partial charge in [0, 0.05) is 11.8 Å². The van der Waals surface area contributed by atoms with E-state index in [1.54, 1.807) is 0 Å². The highest BCUT2D eigenvalue weighted by atomic mass is 14.4. The fourth-order valence-corrected chi connectivity index (χ4v) is 8.86. The van der Waals surface area contributed by atoms with Crippen LogP contribution in [0.15, 0.2) is 109 Å². The van der Waals surface area contributed by atoms with E-state index in [0.29, 0.717) is 11.8 Å². The summed E-state index contributed by atoms with van der Waals surface area (Å²) in [6.07, 6.45) is 9.81. The van der Waals surface area contributed by atoms with Gasteiger partial charge < -0.3 is 0 Å². The minimum atomic E-state index is 0.336. The van der Waals surface area contributed by atoms with Gasteiger partial charge in [-0.15, -0.1) is 0 Å². The molecule has 0 fully saturated rings. The highest BCUT2D eigenvalue weighted by Crippen LogP contribution is 2.57. The minimum Gasteiger partial charge on any atom is -0.0754 e. The Balaban J connectivity index is 1.33. The smallest absolute Gasteiger partial charge is 0.0212 e. The number of benzene rings is 8. The molecule has 0 saturated carbocycles. The summed E-state index contributed by atoms with van der Waals surface area (Å²) < 4.78 is 0. The Hall–Kier alpha value is -4.94. The first-order chi connectivity index (χ1) is 19.9. The van der Waals surface area contributed by atoms with Gasteiger partial charge in [0.2, 0.25) is 0 Å². The summed E-state index contributed by atoms with van der Waals surface area (Å²) >= 11 is 0. The number of allylic oxidation sites excluding steroid dienone is 3. The van der Waals surface area contributed by atoms with Crippen LogP contribution in [-0.4, -0.2) is 0 Å². The summed E-state index contributed by atoms with van der Waals surface area (Å²) in [6.45, 7) is 0. The van der Waals surface area contributed by atoms with Crippen molar-refractivity contribution in [3.63, 3.8) is 0 Å². The van der Waals surface area contributed by atoms with Crippen molar-refractivity contribution in [2.24, 2.45) is 0 Å². The van der Waals surface area contributed by atoms with Crippen LogP contribution in [0.2, 0.25) is 0 Å². The zero-order valence-corrected chi connectivity index (χ0v) is 21.7. The predicted molar refractivity (Wildman–Crippen MR) is 171 cm³/mol. The summed E-state index contributed by atoms with van der Waals surface area (Å²) in [5, 5.41) is 18.0. The van der Waals surface area contributed by atoms with E-state index in [-0.39, 0.29) is 0 Å². The molecule has 2 atom stereocenters. The third-order valence-corrected chi connectivity index (χ3v) is 10.3. The van der Waals surface area contributed by atoms with Crippen LogP contribution in [0, 0.1) is 0 Å². The van der Waals surface area contributed by atoms with Crippen molar-refractivity contribution in [2.45, 2.75) is 11.8 Å².